The van der Waals surface area contributed by atoms with Gasteiger partial charge in [0.25, 0.3) is 0 Å². The van der Waals surface area contributed by atoms with Crippen LogP contribution in [0.5, 0.6) is 0 Å². The second-order valence-electron chi connectivity index (χ2n) is 5.42. The number of amides is 1. The van der Waals surface area contributed by atoms with Gasteiger partial charge in [0.2, 0.25) is 5.91 Å². The molecule has 0 bridgehead atoms. The smallest absolute Gasteiger partial charge is 0.231 e. The molecule has 5 nitrogen and oxygen atoms in total. The highest BCUT2D eigenvalue weighted by Crippen LogP contribution is 2.23. The molecule has 21 heavy (non-hydrogen) atoms. The minimum atomic E-state index is -0.408. The zero-order valence-corrected chi connectivity index (χ0v) is 11.9. The first-order valence-corrected chi connectivity index (χ1v) is 7.16. The van der Waals surface area contributed by atoms with Crippen molar-refractivity contribution in [1.29, 1.82) is 5.26 Å². The third-order valence-electron chi connectivity index (χ3n) is 3.88. The van der Waals surface area contributed by atoms with Crippen LogP contribution in [0, 0.1) is 11.3 Å². The lowest BCUT2D eigenvalue weighted by molar-refractivity contribution is -0.119. The van der Waals surface area contributed by atoms with Crippen LogP contribution in [0.15, 0.2) is 24.3 Å². The Labute approximate surface area is 124 Å². The largest absolute Gasteiger partial charge is 0.369 e. The summed E-state index contributed by atoms with van der Waals surface area (Å²) in [7, 11) is 0. The fraction of sp³-hybridized carbons (Fsp3) is 0.438. The van der Waals surface area contributed by atoms with E-state index in [9.17, 15) is 9.59 Å². The number of nitrogens with zero attached hydrogens (tertiary/aromatic N) is 2. The van der Waals surface area contributed by atoms with E-state index in [0.717, 1.165) is 25.7 Å². The number of hydrogen-bond donors (Lipinski definition) is 1. The first-order valence-electron chi connectivity index (χ1n) is 7.16. The Morgan fingerprint density at radius 1 is 1.19 bits per heavy atom. The summed E-state index contributed by atoms with van der Waals surface area (Å²) in [5.74, 6) is -0.456. The molecule has 0 heterocycles. The number of Topliss-reactive ketones (excluding diaryl/α,β-unsaturated/α-hetero) is 1. The molecule has 1 saturated carbocycles. The van der Waals surface area contributed by atoms with E-state index in [-0.39, 0.29) is 24.9 Å². The Morgan fingerprint density at radius 3 is 2.33 bits per heavy atom. The molecule has 5 heteroatoms. The summed E-state index contributed by atoms with van der Waals surface area (Å²) in [4.78, 5) is 25.4. The average molecular weight is 285 g/mol. The van der Waals surface area contributed by atoms with Crippen molar-refractivity contribution in [2.45, 2.75) is 31.7 Å². The maximum Gasteiger partial charge on any atom is 0.231 e. The van der Waals surface area contributed by atoms with Crippen LogP contribution in [0.2, 0.25) is 0 Å². The van der Waals surface area contributed by atoms with Crippen LogP contribution in [0.25, 0.3) is 0 Å². The number of nitrogens with two attached hydrogens (primary N) is 1. The number of primary amides is 1. The van der Waals surface area contributed by atoms with Gasteiger partial charge in [-0.2, -0.15) is 5.26 Å². The van der Waals surface area contributed by atoms with Gasteiger partial charge in [0.05, 0.1) is 24.7 Å². The Morgan fingerprint density at radius 2 is 1.81 bits per heavy atom. The summed E-state index contributed by atoms with van der Waals surface area (Å²) in [6.45, 7) is 0.312. The highest BCUT2D eigenvalue weighted by Gasteiger charge is 2.25. The second-order valence-corrected chi connectivity index (χ2v) is 5.42. The minimum absolute atomic E-state index is 0.0485. The number of carbonyl (C=O) groups excluding carboxylic acids is 2. The SMILES string of the molecule is N#Cc1ccc(C(=O)CN(CC(N)=O)C2CCCC2)cc1. The molecule has 1 aromatic rings. The molecule has 0 radical (unpaired) electrons. The summed E-state index contributed by atoms with van der Waals surface area (Å²) in [6.07, 6.45) is 4.28. The molecule has 1 aliphatic rings. The van der Waals surface area contributed by atoms with Gasteiger partial charge in [0.1, 0.15) is 0 Å². The van der Waals surface area contributed by atoms with E-state index in [1.54, 1.807) is 24.3 Å². The Hall–Kier alpha value is -2.19. The molecule has 0 aliphatic heterocycles. The average Bonchev–Trinajstić information content (AvgIpc) is 3.00. The Balaban J connectivity index is 2.05. The van der Waals surface area contributed by atoms with Crippen LogP contribution in [0.1, 0.15) is 41.6 Å². The molecule has 1 aromatic carbocycles. The van der Waals surface area contributed by atoms with Crippen molar-refractivity contribution in [3.8, 4) is 6.07 Å². The van der Waals surface area contributed by atoms with Gasteiger partial charge in [-0.05, 0) is 25.0 Å². The van der Waals surface area contributed by atoms with Crippen molar-refractivity contribution >= 4 is 11.7 Å². The highest BCUT2D eigenvalue weighted by atomic mass is 16.1. The van der Waals surface area contributed by atoms with E-state index in [0.29, 0.717) is 11.1 Å². The third kappa shape index (κ3) is 4.14. The zero-order chi connectivity index (χ0) is 15.2. The molecule has 2 rings (SSSR count). The molecular weight excluding hydrogens is 266 g/mol. The van der Waals surface area contributed by atoms with E-state index in [1.165, 1.54) is 0 Å². The van der Waals surface area contributed by atoms with Crippen molar-refractivity contribution in [2.24, 2.45) is 5.73 Å². The van der Waals surface area contributed by atoms with E-state index in [4.69, 9.17) is 11.0 Å². The first-order chi connectivity index (χ1) is 10.1. The molecule has 1 fully saturated rings. The van der Waals surface area contributed by atoms with Crippen LogP contribution in [-0.4, -0.2) is 35.7 Å². The molecule has 0 aromatic heterocycles. The predicted octanol–water partition coefficient (Wildman–Crippen LogP) is 1.47. The van der Waals surface area contributed by atoms with E-state index < -0.39 is 5.91 Å². The molecule has 0 spiro atoms. The monoisotopic (exact) mass is 285 g/mol. The number of benzene rings is 1. The van der Waals surface area contributed by atoms with Crippen LogP contribution in [-0.2, 0) is 4.79 Å². The van der Waals surface area contributed by atoms with Gasteiger partial charge in [-0.15, -0.1) is 0 Å². The van der Waals surface area contributed by atoms with Crippen LogP contribution in [0.4, 0.5) is 0 Å². The lowest BCUT2D eigenvalue weighted by atomic mass is 10.1. The van der Waals surface area contributed by atoms with E-state index in [1.807, 2.05) is 11.0 Å². The maximum atomic E-state index is 12.3. The number of rotatable bonds is 6. The van der Waals surface area contributed by atoms with Crippen LogP contribution >= 0.6 is 0 Å². The number of hydrogen-bond acceptors (Lipinski definition) is 4. The summed E-state index contributed by atoms with van der Waals surface area (Å²) in [5, 5.41) is 8.76. The van der Waals surface area contributed by atoms with Gasteiger partial charge in [0.15, 0.2) is 5.78 Å². The standard InChI is InChI=1S/C16H19N3O2/c17-9-12-5-7-13(8-6-12)15(20)10-19(11-16(18)21)14-3-1-2-4-14/h5-8,14H,1-4,10-11H2,(H2,18,21). The van der Waals surface area contributed by atoms with Crippen molar-refractivity contribution in [3.05, 3.63) is 35.4 Å². The second kappa shape index (κ2) is 7.00. The third-order valence-corrected chi connectivity index (χ3v) is 3.88. The number of carbonyl (C=O) groups is 2. The molecule has 1 aliphatic carbocycles. The molecule has 0 saturated heterocycles. The minimum Gasteiger partial charge on any atom is -0.369 e. The maximum absolute atomic E-state index is 12.3. The quantitative estimate of drug-likeness (QED) is 0.802. The Bertz CT molecular complexity index is 554. The van der Waals surface area contributed by atoms with Gasteiger partial charge in [0, 0.05) is 11.6 Å². The molecule has 2 N–H and O–H groups in total. The molecule has 0 unspecified atom stereocenters. The lowest BCUT2D eigenvalue weighted by Crippen LogP contribution is -2.43. The summed E-state index contributed by atoms with van der Waals surface area (Å²) in [5.41, 5.74) is 6.37. The Kier molecular flexibility index (Phi) is 5.07. The van der Waals surface area contributed by atoms with Crippen molar-refractivity contribution in [1.82, 2.24) is 4.90 Å². The van der Waals surface area contributed by atoms with E-state index in [2.05, 4.69) is 0 Å². The van der Waals surface area contributed by atoms with Gasteiger partial charge in [-0.3, -0.25) is 14.5 Å². The number of ketones is 1. The van der Waals surface area contributed by atoms with Crippen LogP contribution < -0.4 is 5.73 Å². The van der Waals surface area contributed by atoms with Gasteiger partial charge < -0.3 is 5.73 Å². The lowest BCUT2D eigenvalue weighted by Gasteiger charge is -2.26. The predicted molar refractivity (Wildman–Crippen MR) is 78.5 cm³/mol. The normalized spacial score (nSPS) is 15.0. The first kappa shape index (κ1) is 15.2. The van der Waals surface area contributed by atoms with Crippen molar-refractivity contribution in [3.63, 3.8) is 0 Å². The summed E-state index contributed by atoms with van der Waals surface area (Å²) < 4.78 is 0. The fourth-order valence-corrected chi connectivity index (χ4v) is 2.79. The fourth-order valence-electron chi connectivity index (χ4n) is 2.79. The molecule has 110 valence electrons. The number of nitriles is 1. The molecule has 1 amide bonds. The topological polar surface area (TPSA) is 87.2 Å². The van der Waals surface area contributed by atoms with Crippen molar-refractivity contribution < 1.29 is 9.59 Å². The molecular formula is C16H19N3O2. The summed E-state index contributed by atoms with van der Waals surface area (Å²) >= 11 is 0. The van der Waals surface area contributed by atoms with Crippen LogP contribution in [0.3, 0.4) is 0 Å². The van der Waals surface area contributed by atoms with Gasteiger partial charge >= 0.3 is 0 Å². The van der Waals surface area contributed by atoms with Gasteiger partial charge in [-0.1, -0.05) is 25.0 Å². The van der Waals surface area contributed by atoms with E-state index >= 15 is 0 Å². The van der Waals surface area contributed by atoms with Crippen molar-refractivity contribution in [2.75, 3.05) is 13.1 Å². The summed E-state index contributed by atoms with van der Waals surface area (Å²) in [6, 6.07) is 8.84. The molecule has 0 atom stereocenters. The van der Waals surface area contributed by atoms with Gasteiger partial charge in [-0.25, -0.2) is 0 Å². The zero-order valence-electron chi connectivity index (χ0n) is 11.9. The highest BCUT2D eigenvalue weighted by molar-refractivity contribution is 5.98.